The van der Waals surface area contributed by atoms with E-state index in [1.807, 2.05) is 0 Å². The molecule has 3 rings (SSSR count). The Morgan fingerprint density at radius 1 is 1.52 bits per heavy atom. The summed E-state index contributed by atoms with van der Waals surface area (Å²) >= 11 is 0. The highest BCUT2D eigenvalue weighted by molar-refractivity contribution is 5.89. The lowest BCUT2D eigenvalue weighted by Crippen LogP contribution is -2.51. The van der Waals surface area contributed by atoms with Gasteiger partial charge < -0.3 is 19.7 Å². The maximum absolute atomic E-state index is 12.1. The minimum atomic E-state index is -0.240. The van der Waals surface area contributed by atoms with E-state index in [0.717, 1.165) is 25.8 Å². The number of anilines is 1. The number of carbonyl (C=O) groups is 1. The molecule has 1 saturated heterocycles. The molecule has 1 aromatic rings. The van der Waals surface area contributed by atoms with Gasteiger partial charge in [-0.1, -0.05) is 11.6 Å². The average molecular weight is 323 g/mol. The predicted octanol–water partition coefficient (Wildman–Crippen LogP) is 1.17. The van der Waals surface area contributed by atoms with Gasteiger partial charge in [0.1, 0.15) is 5.76 Å². The van der Waals surface area contributed by atoms with E-state index in [2.05, 4.69) is 15.4 Å². The van der Waals surface area contributed by atoms with Gasteiger partial charge in [0.25, 0.3) is 0 Å². The second-order valence-electron chi connectivity index (χ2n) is 6.46. The predicted molar refractivity (Wildman–Crippen MR) is 84.0 cm³/mol. The Hall–Kier alpha value is -1.44. The van der Waals surface area contributed by atoms with Gasteiger partial charge in [-0.05, 0) is 19.8 Å². The van der Waals surface area contributed by atoms with Crippen LogP contribution in [0.25, 0.3) is 0 Å². The molecule has 0 aromatic carbocycles. The Morgan fingerprint density at radius 3 is 3.09 bits per heavy atom. The van der Waals surface area contributed by atoms with Crippen LogP contribution in [0.2, 0.25) is 0 Å². The SMILES string of the molecule is Cc1cc(NC(=O)CCN2CCOCC2C2CCCC2O)no1. The third-order valence-corrected chi connectivity index (χ3v) is 4.83. The van der Waals surface area contributed by atoms with Crippen LogP contribution in [0.5, 0.6) is 0 Å². The molecule has 2 heterocycles. The fourth-order valence-electron chi connectivity index (χ4n) is 3.62. The molecular formula is C16H25N3O4. The van der Waals surface area contributed by atoms with Crippen molar-refractivity contribution in [3.8, 4) is 0 Å². The number of morpholine rings is 1. The van der Waals surface area contributed by atoms with Gasteiger partial charge in [0, 0.05) is 37.5 Å². The third kappa shape index (κ3) is 4.10. The van der Waals surface area contributed by atoms with E-state index in [9.17, 15) is 9.90 Å². The van der Waals surface area contributed by atoms with Gasteiger partial charge in [-0.3, -0.25) is 9.69 Å². The largest absolute Gasteiger partial charge is 0.393 e. The van der Waals surface area contributed by atoms with Gasteiger partial charge in [0.2, 0.25) is 5.91 Å². The summed E-state index contributed by atoms with van der Waals surface area (Å²) in [6.45, 7) is 4.59. The zero-order chi connectivity index (χ0) is 16.2. The van der Waals surface area contributed by atoms with Crippen LogP contribution in [0.3, 0.4) is 0 Å². The van der Waals surface area contributed by atoms with Crippen LogP contribution in [0.1, 0.15) is 31.4 Å². The summed E-state index contributed by atoms with van der Waals surface area (Å²) in [4.78, 5) is 14.3. The van der Waals surface area contributed by atoms with Gasteiger partial charge in [-0.25, -0.2) is 0 Å². The molecule has 1 aromatic heterocycles. The maximum atomic E-state index is 12.1. The van der Waals surface area contributed by atoms with Crippen LogP contribution < -0.4 is 5.32 Å². The van der Waals surface area contributed by atoms with Crippen LogP contribution in [0.4, 0.5) is 5.82 Å². The molecule has 3 unspecified atom stereocenters. The smallest absolute Gasteiger partial charge is 0.226 e. The summed E-state index contributed by atoms with van der Waals surface area (Å²) in [6.07, 6.45) is 3.14. The van der Waals surface area contributed by atoms with Crippen molar-refractivity contribution < 1.29 is 19.2 Å². The molecule has 0 radical (unpaired) electrons. The Balaban J connectivity index is 1.51. The second-order valence-corrected chi connectivity index (χ2v) is 6.46. The van der Waals surface area contributed by atoms with Crippen molar-refractivity contribution in [3.05, 3.63) is 11.8 Å². The molecule has 23 heavy (non-hydrogen) atoms. The molecular weight excluding hydrogens is 298 g/mol. The van der Waals surface area contributed by atoms with E-state index in [1.165, 1.54) is 0 Å². The minimum Gasteiger partial charge on any atom is -0.393 e. The molecule has 2 fully saturated rings. The first-order valence-corrected chi connectivity index (χ1v) is 8.36. The van der Waals surface area contributed by atoms with Gasteiger partial charge >= 0.3 is 0 Å². The summed E-state index contributed by atoms with van der Waals surface area (Å²) in [6, 6.07) is 1.91. The monoisotopic (exact) mass is 323 g/mol. The van der Waals surface area contributed by atoms with E-state index >= 15 is 0 Å². The molecule has 0 bridgehead atoms. The summed E-state index contributed by atoms with van der Waals surface area (Å²) in [7, 11) is 0. The van der Waals surface area contributed by atoms with E-state index in [4.69, 9.17) is 9.26 Å². The molecule has 128 valence electrons. The third-order valence-electron chi connectivity index (χ3n) is 4.83. The topological polar surface area (TPSA) is 87.8 Å². The Bertz CT molecular complexity index is 533. The first-order valence-electron chi connectivity index (χ1n) is 8.36. The van der Waals surface area contributed by atoms with Gasteiger partial charge in [0.15, 0.2) is 5.82 Å². The van der Waals surface area contributed by atoms with Crippen LogP contribution >= 0.6 is 0 Å². The van der Waals surface area contributed by atoms with Crippen molar-refractivity contribution in [1.29, 1.82) is 0 Å². The van der Waals surface area contributed by atoms with Gasteiger partial charge in [-0.15, -0.1) is 0 Å². The number of rotatable bonds is 5. The highest BCUT2D eigenvalue weighted by Gasteiger charge is 2.37. The number of ether oxygens (including phenoxy) is 1. The van der Waals surface area contributed by atoms with E-state index in [-0.39, 0.29) is 24.0 Å². The van der Waals surface area contributed by atoms with Crippen molar-refractivity contribution in [2.75, 3.05) is 31.6 Å². The number of nitrogens with zero attached hydrogens (tertiary/aromatic N) is 2. The summed E-state index contributed by atoms with van der Waals surface area (Å²) in [5, 5.41) is 16.7. The zero-order valence-corrected chi connectivity index (χ0v) is 13.5. The molecule has 0 spiro atoms. The fraction of sp³-hybridized carbons (Fsp3) is 0.750. The summed E-state index contributed by atoms with van der Waals surface area (Å²) in [5.41, 5.74) is 0. The van der Waals surface area contributed by atoms with E-state index < -0.39 is 0 Å². The summed E-state index contributed by atoms with van der Waals surface area (Å²) in [5.74, 6) is 1.31. The second kappa shape index (κ2) is 7.42. The molecule has 7 heteroatoms. The molecule has 1 aliphatic heterocycles. The van der Waals surface area contributed by atoms with Crippen LogP contribution in [-0.4, -0.2) is 59.5 Å². The maximum Gasteiger partial charge on any atom is 0.226 e. The summed E-state index contributed by atoms with van der Waals surface area (Å²) < 4.78 is 10.5. The first kappa shape index (κ1) is 16.4. The molecule has 1 saturated carbocycles. The lowest BCUT2D eigenvalue weighted by atomic mass is 9.94. The fourth-order valence-corrected chi connectivity index (χ4v) is 3.62. The van der Waals surface area contributed by atoms with E-state index in [1.54, 1.807) is 13.0 Å². The van der Waals surface area contributed by atoms with Crippen molar-refractivity contribution in [2.24, 2.45) is 5.92 Å². The Labute approximate surface area is 136 Å². The number of hydrogen-bond donors (Lipinski definition) is 2. The number of aliphatic hydroxyl groups excluding tert-OH is 1. The number of aliphatic hydroxyl groups is 1. The van der Waals surface area contributed by atoms with Crippen molar-refractivity contribution in [3.63, 3.8) is 0 Å². The quantitative estimate of drug-likeness (QED) is 0.846. The van der Waals surface area contributed by atoms with Crippen molar-refractivity contribution >= 4 is 11.7 Å². The first-order chi connectivity index (χ1) is 11.1. The Kier molecular flexibility index (Phi) is 5.30. The molecule has 2 N–H and O–H groups in total. The number of amides is 1. The molecule has 1 amide bonds. The number of aromatic nitrogens is 1. The number of carbonyl (C=O) groups excluding carboxylic acids is 1. The van der Waals surface area contributed by atoms with Crippen molar-refractivity contribution in [1.82, 2.24) is 10.1 Å². The standard InChI is InChI=1S/C16H25N3O4/c1-11-9-15(18-23-11)17-16(21)5-6-19-7-8-22-10-13(19)12-3-2-4-14(12)20/h9,12-14,20H,2-8,10H2,1H3,(H,17,18,21). The molecule has 3 atom stereocenters. The van der Waals surface area contributed by atoms with Crippen LogP contribution in [0, 0.1) is 12.8 Å². The minimum absolute atomic E-state index is 0.0736. The zero-order valence-electron chi connectivity index (χ0n) is 13.5. The number of hydrogen-bond acceptors (Lipinski definition) is 6. The van der Waals surface area contributed by atoms with Crippen LogP contribution in [0.15, 0.2) is 10.6 Å². The van der Waals surface area contributed by atoms with Crippen LogP contribution in [-0.2, 0) is 9.53 Å². The van der Waals surface area contributed by atoms with E-state index in [0.29, 0.717) is 37.8 Å². The molecule has 7 nitrogen and oxygen atoms in total. The highest BCUT2D eigenvalue weighted by Crippen LogP contribution is 2.32. The lowest BCUT2D eigenvalue weighted by Gasteiger charge is -2.40. The highest BCUT2D eigenvalue weighted by atomic mass is 16.5. The lowest BCUT2D eigenvalue weighted by molar-refractivity contribution is -0.117. The van der Waals surface area contributed by atoms with Gasteiger partial charge in [-0.2, -0.15) is 0 Å². The molecule has 1 aliphatic carbocycles. The molecule has 2 aliphatic rings. The normalized spacial score (nSPS) is 28.9. The Morgan fingerprint density at radius 2 is 2.39 bits per heavy atom. The van der Waals surface area contributed by atoms with Gasteiger partial charge in [0.05, 0.1) is 19.3 Å². The number of nitrogens with one attached hydrogen (secondary N) is 1. The van der Waals surface area contributed by atoms with Crippen molar-refractivity contribution in [2.45, 2.75) is 44.8 Å². The average Bonchev–Trinajstić information content (AvgIpc) is 3.14. The number of aryl methyl sites for hydroxylation is 1.